The van der Waals surface area contributed by atoms with E-state index in [0.29, 0.717) is 0 Å². The molecule has 3 aromatic carbocycles. The van der Waals surface area contributed by atoms with Crippen molar-refractivity contribution < 1.29 is 0 Å². The first-order valence-electron chi connectivity index (χ1n) is 8.49. The van der Waals surface area contributed by atoms with Gasteiger partial charge in [0, 0.05) is 17.6 Å². The average molecular weight is 345 g/mol. The van der Waals surface area contributed by atoms with Gasteiger partial charge in [-0.1, -0.05) is 72.3 Å². The molecule has 1 aliphatic carbocycles. The van der Waals surface area contributed by atoms with Crippen LogP contribution in [0.2, 0.25) is 5.02 Å². The molecular weight excluding hydrogens is 328 g/mol. The molecule has 5 rings (SSSR count). The van der Waals surface area contributed by atoms with Crippen LogP contribution in [0, 0.1) is 0 Å². The maximum absolute atomic E-state index is 6.29. The molecule has 0 bridgehead atoms. The Hall–Kier alpha value is -2.58. The van der Waals surface area contributed by atoms with Crippen molar-refractivity contribution in [3.8, 4) is 0 Å². The predicted molar refractivity (Wildman–Crippen MR) is 105 cm³/mol. The van der Waals surface area contributed by atoms with Gasteiger partial charge < -0.3 is 4.90 Å². The first-order chi connectivity index (χ1) is 12.2. The van der Waals surface area contributed by atoms with E-state index in [1.54, 1.807) is 0 Å². The van der Waals surface area contributed by atoms with Gasteiger partial charge in [0.05, 0.1) is 6.04 Å². The third-order valence-corrected chi connectivity index (χ3v) is 5.46. The van der Waals surface area contributed by atoms with E-state index >= 15 is 0 Å². The van der Waals surface area contributed by atoms with Crippen LogP contribution < -0.4 is 0 Å². The molecule has 0 saturated heterocycles. The van der Waals surface area contributed by atoms with Crippen LogP contribution in [0.5, 0.6) is 0 Å². The van der Waals surface area contributed by atoms with E-state index in [9.17, 15) is 0 Å². The Bertz CT molecular complexity index is 1040. The van der Waals surface area contributed by atoms with Crippen molar-refractivity contribution >= 4 is 34.3 Å². The number of nitrogens with zero attached hydrogens (tertiary/aromatic N) is 2. The molecule has 0 fully saturated rings. The Labute approximate surface area is 152 Å². The second-order valence-electron chi connectivity index (χ2n) is 6.66. The minimum absolute atomic E-state index is 0.0994. The summed E-state index contributed by atoms with van der Waals surface area (Å²) in [4.78, 5) is 7.41. The van der Waals surface area contributed by atoms with Crippen LogP contribution in [-0.2, 0) is 0 Å². The first kappa shape index (κ1) is 14.7. The Morgan fingerprint density at radius 2 is 1.80 bits per heavy atom. The van der Waals surface area contributed by atoms with Crippen LogP contribution in [0.15, 0.2) is 71.7 Å². The highest BCUT2D eigenvalue weighted by atomic mass is 35.5. The summed E-state index contributed by atoms with van der Waals surface area (Å²) >= 11 is 6.29. The highest BCUT2D eigenvalue weighted by Crippen LogP contribution is 2.42. The molecule has 0 spiro atoms. The molecule has 0 N–H and O–H groups in total. The van der Waals surface area contributed by atoms with Gasteiger partial charge in [-0.2, -0.15) is 0 Å². The summed E-state index contributed by atoms with van der Waals surface area (Å²) in [5.74, 6) is 1.05. The molecule has 0 saturated carbocycles. The van der Waals surface area contributed by atoms with Crippen LogP contribution in [-0.4, -0.2) is 23.8 Å². The number of hydrogen-bond donors (Lipinski definition) is 0. The van der Waals surface area contributed by atoms with Crippen molar-refractivity contribution in [2.45, 2.75) is 12.1 Å². The lowest BCUT2D eigenvalue weighted by atomic mass is 9.86. The number of benzene rings is 3. The maximum atomic E-state index is 6.29. The molecule has 2 aliphatic rings. The Morgan fingerprint density at radius 1 is 1.00 bits per heavy atom. The number of aliphatic imine (C=N–C) groups is 1. The monoisotopic (exact) mass is 344 g/mol. The molecule has 2 nitrogen and oxygen atoms in total. The Kier molecular flexibility index (Phi) is 3.22. The number of likely N-dealkylation sites (N-methyl/N-ethyl adjacent to an activating group) is 1. The molecule has 3 aromatic rings. The van der Waals surface area contributed by atoms with Crippen molar-refractivity contribution in [3.05, 3.63) is 88.5 Å². The van der Waals surface area contributed by atoms with Gasteiger partial charge in [0.25, 0.3) is 0 Å². The fourth-order valence-corrected chi connectivity index (χ4v) is 4.17. The van der Waals surface area contributed by atoms with Gasteiger partial charge in [0.2, 0.25) is 0 Å². The normalized spacial score (nSPS) is 21.2. The number of halogens is 1. The summed E-state index contributed by atoms with van der Waals surface area (Å²) in [7, 11) is 2.13. The molecule has 0 radical (unpaired) electrons. The molecule has 3 heteroatoms. The van der Waals surface area contributed by atoms with E-state index in [0.717, 1.165) is 16.4 Å². The van der Waals surface area contributed by atoms with Gasteiger partial charge in [0.15, 0.2) is 0 Å². The molecule has 122 valence electrons. The van der Waals surface area contributed by atoms with Crippen molar-refractivity contribution in [3.63, 3.8) is 0 Å². The zero-order chi connectivity index (χ0) is 17.0. The molecule has 0 amide bonds. The standard InChI is InChI=1S/C22H17ClN2/c1-25-19-12-10-15-8-7-14-9-11-17(23)13-18(14)20(15)21(19)24-22(25)16-5-3-2-4-6-16/h2-13,19,21H,1H3. The van der Waals surface area contributed by atoms with E-state index in [1.807, 2.05) is 12.1 Å². The lowest BCUT2D eigenvalue weighted by molar-refractivity contribution is 0.417. The van der Waals surface area contributed by atoms with E-state index in [4.69, 9.17) is 16.6 Å². The topological polar surface area (TPSA) is 15.6 Å². The summed E-state index contributed by atoms with van der Waals surface area (Å²) in [6.45, 7) is 0. The van der Waals surface area contributed by atoms with Gasteiger partial charge in [-0.25, -0.2) is 0 Å². The molecule has 25 heavy (non-hydrogen) atoms. The largest absolute Gasteiger partial charge is 0.350 e. The van der Waals surface area contributed by atoms with Crippen molar-refractivity contribution in [2.24, 2.45) is 4.99 Å². The van der Waals surface area contributed by atoms with Crippen LogP contribution >= 0.6 is 11.6 Å². The Morgan fingerprint density at radius 3 is 2.64 bits per heavy atom. The molecule has 1 aliphatic heterocycles. The van der Waals surface area contributed by atoms with Crippen LogP contribution in [0.4, 0.5) is 0 Å². The summed E-state index contributed by atoms with van der Waals surface area (Å²) < 4.78 is 0. The van der Waals surface area contributed by atoms with Crippen LogP contribution in [0.3, 0.4) is 0 Å². The summed E-state index contributed by atoms with van der Waals surface area (Å²) in [6, 6.07) is 21.2. The van der Waals surface area contributed by atoms with Crippen molar-refractivity contribution in [1.29, 1.82) is 0 Å². The molecule has 2 atom stereocenters. The van der Waals surface area contributed by atoms with Crippen LogP contribution in [0.25, 0.3) is 16.8 Å². The lowest BCUT2D eigenvalue weighted by Gasteiger charge is -2.28. The van der Waals surface area contributed by atoms with E-state index in [1.165, 1.54) is 21.9 Å². The van der Waals surface area contributed by atoms with E-state index < -0.39 is 0 Å². The van der Waals surface area contributed by atoms with Gasteiger partial charge >= 0.3 is 0 Å². The maximum Gasteiger partial charge on any atom is 0.131 e. The Balaban J connectivity index is 1.73. The molecule has 2 unspecified atom stereocenters. The summed E-state index contributed by atoms with van der Waals surface area (Å²) in [6.07, 6.45) is 4.49. The third kappa shape index (κ3) is 2.21. The van der Waals surface area contributed by atoms with Gasteiger partial charge in [-0.05, 0) is 34.0 Å². The predicted octanol–water partition coefficient (Wildman–Crippen LogP) is 5.32. The average Bonchev–Trinajstić information content (AvgIpc) is 2.99. The molecular formula is C22H17ClN2. The van der Waals surface area contributed by atoms with Gasteiger partial charge in [-0.3, -0.25) is 4.99 Å². The van der Waals surface area contributed by atoms with Crippen molar-refractivity contribution in [2.75, 3.05) is 7.05 Å². The quantitative estimate of drug-likeness (QED) is 0.583. The van der Waals surface area contributed by atoms with E-state index in [-0.39, 0.29) is 12.1 Å². The van der Waals surface area contributed by atoms with Crippen molar-refractivity contribution in [1.82, 2.24) is 4.90 Å². The zero-order valence-electron chi connectivity index (χ0n) is 13.9. The fraction of sp³-hybridized carbons (Fsp3) is 0.136. The smallest absolute Gasteiger partial charge is 0.131 e. The minimum Gasteiger partial charge on any atom is -0.350 e. The highest BCUT2D eigenvalue weighted by molar-refractivity contribution is 6.31. The SMILES string of the molecule is CN1C(c2ccccc2)=NC2c3c(ccc4ccc(Cl)cc34)C=CC21. The fourth-order valence-electron chi connectivity index (χ4n) is 4.00. The minimum atomic E-state index is 0.0994. The lowest BCUT2D eigenvalue weighted by Crippen LogP contribution is -2.34. The summed E-state index contributed by atoms with van der Waals surface area (Å²) in [5.41, 5.74) is 3.68. The zero-order valence-corrected chi connectivity index (χ0v) is 14.6. The molecule has 0 aromatic heterocycles. The van der Waals surface area contributed by atoms with Gasteiger partial charge in [0.1, 0.15) is 11.9 Å². The summed E-state index contributed by atoms with van der Waals surface area (Å²) in [5, 5.41) is 3.18. The highest BCUT2D eigenvalue weighted by Gasteiger charge is 2.37. The molecule has 1 heterocycles. The second-order valence-corrected chi connectivity index (χ2v) is 7.09. The number of hydrogen-bond acceptors (Lipinski definition) is 2. The number of fused-ring (bicyclic) bond motifs is 5. The third-order valence-electron chi connectivity index (χ3n) is 5.23. The first-order valence-corrected chi connectivity index (χ1v) is 8.86. The number of amidine groups is 1. The number of rotatable bonds is 1. The van der Waals surface area contributed by atoms with Gasteiger partial charge in [-0.15, -0.1) is 0 Å². The van der Waals surface area contributed by atoms with E-state index in [2.05, 4.69) is 72.6 Å². The van der Waals surface area contributed by atoms with Crippen LogP contribution in [0.1, 0.15) is 22.7 Å². The second kappa shape index (κ2) is 5.47.